The second-order valence-corrected chi connectivity index (χ2v) is 6.33. The zero-order chi connectivity index (χ0) is 15.6. The van der Waals surface area contributed by atoms with Crippen molar-refractivity contribution in [3.8, 4) is 0 Å². The molecule has 0 spiro atoms. The average molecular weight is 308 g/mol. The molecule has 5 nitrogen and oxygen atoms in total. The molecule has 0 radical (unpaired) electrons. The van der Waals surface area contributed by atoms with Crippen molar-refractivity contribution in [2.75, 3.05) is 6.54 Å². The number of hydrogen-bond donors (Lipinski definition) is 0. The molecule has 2 aliphatic heterocycles. The lowest BCUT2D eigenvalue weighted by Crippen LogP contribution is -2.36. The first-order valence-corrected chi connectivity index (χ1v) is 8.12. The summed E-state index contributed by atoms with van der Waals surface area (Å²) in [6.07, 6.45) is 8.94. The van der Waals surface area contributed by atoms with E-state index in [1.807, 2.05) is 24.5 Å². The van der Waals surface area contributed by atoms with E-state index in [2.05, 4.69) is 31.9 Å². The van der Waals surface area contributed by atoms with Gasteiger partial charge in [-0.25, -0.2) is 0 Å². The molecule has 0 aliphatic carbocycles. The highest BCUT2D eigenvalue weighted by molar-refractivity contribution is 5.80. The molecule has 0 saturated carbocycles. The lowest BCUT2D eigenvalue weighted by atomic mass is 10.1. The third-order valence-electron chi connectivity index (χ3n) is 4.97. The molecule has 2 fully saturated rings. The molecule has 0 unspecified atom stereocenters. The molecule has 4 rings (SSSR count). The maximum absolute atomic E-state index is 12.5. The van der Waals surface area contributed by atoms with E-state index in [1.54, 1.807) is 12.4 Å². The molecule has 1 amide bonds. The van der Waals surface area contributed by atoms with Crippen LogP contribution in [0.4, 0.5) is 0 Å². The van der Waals surface area contributed by atoms with Gasteiger partial charge in [0.2, 0.25) is 5.91 Å². The predicted molar refractivity (Wildman–Crippen MR) is 86.2 cm³/mol. The molecule has 0 N–H and O–H groups in total. The Morgan fingerprint density at radius 2 is 1.52 bits per heavy atom. The van der Waals surface area contributed by atoms with Crippen LogP contribution in [0.25, 0.3) is 0 Å². The van der Waals surface area contributed by atoms with Gasteiger partial charge in [0.15, 0.2) is 0 Å². The van der Waals surface area contributed by atoms with E-state index >= 15 is 0 Å². The average Bonchev–Trinajstić information content (AvgIpc) is 3.10. The van der Waals surface area contributed by atoms with Gasteiger partial charge in [-0.3, -0.25) is 19.7 Å². The van der Waals surface area contributed by atoms with Gasteiger partial charge < -0.3 is 4.90 Å². The minimum absolute atomic E-state index is 0.274. The Bertz CT molecular complexity index is 676. The molecular weight excluding hydrogens is 288 g/mol. The van der Waals surface area contributed by atoms with Crippen molar-refractivity contribution in [2.45, 2.75) is 38.0 Å². The van der Waals surface area contributed by atoms with Gasteiger partial charge in [-0.15, -0.1) is 0 Å². The fourth-order valence-electron chi connectivity index (χ4n) is 3.82. The van der Waals surface area contributed by atoms with Gasteiger partial charge in [-0.1, -0.05) is 0 Å². The van der Waals surface area contributed by atoms with Crippen LogP contribution in [0.3, 0.4) is 0 Å². The maximum Gasteiger partial charge on any atom is 0.224 e. The maximum atomic E-state index is 12.5. The molecular formula is C18H20N4O. The topological polar surface area (TPSA) is 49.3 Å². The number of likely N-dealkylation sites (tertiary alicyclic amines) is 2. The predicted octanol–water partition coefficient (Wildman–Crippen LogP) is 1.85. The molecule has 118 valence electrons. The number of amides is 1. The van der Waals surface area contributed by atoms with Crippen molar-refractivity contribution in [2.24, 2.45) is 0 Å². The van der Waals surface area contributed by atoms with E-state index in [0.717, 1.165) is 25.1 Å². The standard InChI is InChI=1S/C18H20N4O/c23-18-11-17-16(22(18)13-15-3-8-20-9-4-15)5-10-21(17)12-14-1-6-19-7-2-14/h1-4,6-9,16-17H,5,10-13H2/t16-,17+/m0/s1. The summed E-state index contributed by atoms with van der Waals surface area (Å²) in [7, 11) is 0. The molecule has 23 heavy (non-hydrogen) atoms. The van der Waals surface area contributed by atoms with Crippen molar-refractivity contribution in [3.63, 3.8) is 0 Å². The van der Waals surface area contributed by atoms with Crippen LogP contribution < -0.4 is 0 Å². The summed E-state index contributed by atoms with van der Waals surface area (Å²) in [6.45, 7) is 2.66. The summed E-state index contributed by atoms with van der Waals surface area (Å²) >= 11 is 0. The largest absolute Gasteiger partial charge is 0.334 e. The zero-order valence-electron chi connectivity index (χ0n) is 13.0. The monoisotopic (exact) mass is 308 g/mol. The first-order chi connectivity index (χ1) is 11.3. The molecule has 2 atom stereocenters. The number of aromatic nitrogens is 2. The Hall–Kier alpha value is -2.27. The van der Waals surface area contributed by atoms with Crippen molar-refractivity contribution >= 4 is 5.91 Å². The molecule has 2 aromatic heterocycles. The van der Waals surface area contributed by atoms with Crippen LogP contribution in [0.15, 0.2) is 49.1 Å². The van der Waals surface area contributed by atoms with Crippen LogP contribution in [0, 0.1) is 0 Å². The van der Waals surface area contributed by atoms with E-state index in [9.17, 15) is 4.79 Å². The number of nitrogens with zero attached hydrogens (tertiary/aromatic N) is 4. The van der Waals surface area contributed by atoms with Crippen LogP contribution in [0.1, 0.15) is 24.0 Å². The smallest absolute Gasteiger partial charge is 0.224 e. The molecule has 0 bridgehead atoms. The molecule has 2 saturated heterocycles. The highest BCUT2D eigenvalue weighted by Crippen LogP contribution is 2.34. The highest BCUT2D eigenvalue weighted by Gasteiger charge is 2.46. The van der Waals surface area contributed by atoms with Crippen molar-refractivity contribution < 1.29 is 4.79 Å². The molecule has 0 aromatic carbocycles. The van der Waals surface area contributed by atoms with Crippen LogP contribution in [-0.4, -0.2) is 44.3 Å². The fourth-order valence-corrected chi connectivity index (χ4v) is 3.82. The minimum atomic E-state index is 0.274. The lowest BCUT2D eigenvalue weighted by Gasteiger charge is -2.25. The van der Waals surface area contributed by atoms with Gasteiger partial charge in [-0.2, -0.15) is 0 Å². The van der Waals surface area contributed by atoms with Gasteiger partial charge in [0.05, 0.1) is 0 Å². The highest BCUT2D eigenvalue weighted by atomic mass is 16.2. The van der Waals surface area contributed by atoms with Crippen molar-refractivity contribution in [1.82, 2.24) is 19.8 Å². The summed E-state index contributed by atoms with van der Waals surface area (Å²) < 4.78 is 0. The molecule has 5 heteroatoms. The van der Waals surface area contributed by atoms with E-state index in [0.29, 0.717) is 25.0 Å². The first-order valence-electron chi connectivity index (χ1n) is 8.12. The molecule has 2 aliphatic rings. The van der Waals surface area contributed by atoms with Gasteiger partial charge in [0, 0.05) is 62.9 Å². The summed E-state index contributed by atoms with van der Waals surface area (Å²) in [6, 6.07) is 8.78. The number of rotatable bonds is 4. The fraction of sp³-hybridized carbons (Fsp3) is 0.389. The number of pyridine rings is 2. The lowest BCUT2D eigenvalue weighted by molar-refractivity contribution is -0.129. The van der Waals surface area contributed by atoms with E-state index in [-0.39, 0.29) is 5.91 Å². The molecule has 2 aromatic rings. The Kier molecular flexibility index (Phi) is 3.79. The Morgan fingerprint density at radius 3 is 2.17 bits per heavy atom. The van der Waals surface area contributed by atoms with E-state index in [1.165, 1.54) is 5.56 Å². The van der Waals surface area contributed by atoms with E-state index < -0.39 is 0 Å². The molecule has 4 heterocycles. The summed E-state index contributed by atoms with van der Waals surface area (Å²) in [5.74, 6) is 0.274. The second kappa shape index (κ2) is 6.08. The van der Waals surface area contributed by atoms with Crippen LogP contribution in [0.5, 0.6) is 0 Å². The third-order valence-corrected chi connectivity index (χ3v) is 4.97. The summed E-state index contributed by atoms with van der Waals surface area (Å²) in [5, 5.41) is 0. The Morgan fingerprint density at radius 1 is 0.913 bits per heavy atom. The summed E-state index contributed by atoms with van der Waals surface area (Å²) in [5.41, 5.74) is 2.42. The van der Waals surface area contributed by atoms with Gasteiger partial charge in [-0.05, 0) is 41.8 Å². The normalized spacial score (nSPS) is 24.2. The quantitative estimate of drug-likeness (QED) is 0.865. The zero-order valence-corrected chi connectivity index (χ0v) is 13.0. The Labute approximate surface area is 136 Å². The third kappa shape index (κ3) is 2.84. The SMILES string of the molecule is O=C1C[C@@H]2[C@H](CCN2Cc2ccncc2)N1Cc1ccncc1. The second-order valence-electron chi connectivity index (χ2n) is 6.33. The number of carbonyl (C=O) groups is 1. The van der Waals surface area contributed by atoms with E-state index in [4.69, 9.17) is 0 Å². The Balaban J connectivity index is 1.47. The first kappa shape index (κ1) is 14.3. The summed E-state index contributed by atoms with van der Waals surface area (Å²) in [4.78, 5) is 25.1. The van der Waals surface area contributed by atoms with Crippen LogP contribution in [-0.2, 0) is 17.9 Å². The van der Waals surface area contributed by atoms with Crippen molar-refractivity contribution in [1.29, 1.82) is 0 Å². The number of fused-ring (bicyclic) bond motifs is 1. The number of hydrogen-bond acceptors (Lipinski definition) is 4. The van der Waals surface area contributed by atoms with Crippen LogP contribution >= 0.6 is 0 Å². The number of carbonyl (C=O) groups excluding carboxylic acids is 1. The van der Waals surface area contributed by atoms with Gasteiger partial charge in [0.25, 0.3) is 0 Å². The minimum Gasteiger partial charge on any atom is -0.334 e. The van der Waals surface area contributed by atoms with Gasteiger partial charge >= 0.3 is 0 Å². The van der Waals surface area contributed by atoms with Crippen molar-refractivity contribution in [3.05, 3.63) is 60.2 Å². The van der Waals surface area contributed by atoms with Gasteiger partial charge in [0.1, 0.15) is 0 Å². The van der Waals surface area contributed by atoms with Crippen LogP contribution in [0.2, 0.25) is 0 Å².